The summed E-state index contributed by atoms with van der Waals surface area (Å²) in [5.41, 5.74) is 0.386. The van der Waals surface area contributed by atoms with Gasteiger partial charge in [0.15, 0.2) is 28.4 Å². The lowest BCUT2D eigenvalue weighted by Crippen LogP contribution is -2.23. The van der Waals surface area contributed by atoms with Gasteiger partial charge in [0.25, 0.3) is 0 Å². The van der Waals surface area contributed by atoms with E-state index in [0.717, 1.165) is 29.5 Å². The van der Waals surface area contributed by atoms with Crippen LogP contribution in [-0.4, -0.2) is 25.9 Å². The molecule has 5 nitrogen and oxygen atoms in total. The maximum atomic E-state index is 13.8. The Morgan fingerprint density at radius 2 is 1.83 bits per heavy atom. The van der Waals surface area contributed by atoms with Gasteiger partial charge in [-0.1, -0.05) is 23.4 Å². The highest BCUT2D eigenvalue weighted by atomic mass is 35.5. The van der Waals surface area contributed by atoms with Crippen molar-refractivity contribution in [3.63, 3.8) is 0 Å². The molecule has 0 aliphatic carbocycles. The number of halogens is 4. The summed E-state index contributed by atoms with van der Waals surface area (Å²) < 4.78 is 42.0. The monoisotopic (exact) mass is 440 g/mol. The van der Waals surface area contributed by atoms with E-state index in [2.05, 4.69) is 15.5 Å². The van der Waals surface area contributed by atoms with Crippen LogP contribution in [0, 0.1) is 17.5 Å². The van der Waals surface area contributed by atoms with E-state index in [1.54, 1.807) is 19.1 Å². The van der Waals surface area contributed by atoms with Crippen LogP contribution in [-0.2, 0) is 11.3 Å². The molecule has 10 heteroatoms. The number of rotatable bonds is 6. The number of carbonyl (C=O) groups excluding carboxylic acids is 1. The van der Waals surface area contributed by atoms with E-state index in [9.17, 15) is 18.0 Å². The number of benzene rings is 2. The van der Waals surface area contributed by atoms with Crippen LogP contribution in [0.4, 0.5) is 18.9 Å². The second-order valence-corrected chi connectivity index (χ2v) is 7.77. The van der Waals surface area contributed by atoms with Crippen molar-refractivity contribution in [2.45, 2.75) is 30.8 Å². The number of nitrogens with one attached hydrogen (secondary N) is 1. The summed E-state index contributed by atoms with van der Waals surface area (Å²) in [6, 6.07) is 8.83. The highest BCUT2D eigenvalue weighted by molar-refractivity contribution is 8.00. The standard InChI is InChI=1S/C19H16ClF3N4OS/c1-3-27-17(11-4-6-12(20)7-5-11)25-26-19(27)29-10(2)18(28)24-14-9-8-13(21)15(22)16(14)23/h4-10H,3H2,1-2H3,(H,24,28). The summed E-state index contributed by atoms with van der Waals surface area (Å²) in [7, 11) is 0. The Morgan fingerprint density at radius 1 is 1.14 bits per heavy atom. The lowest BCUT2D eigenvalue weighted by atomic mass is 10.2. The first-order valence-corrected chi connectivity index (χ1v) is 9.87. The molecule has 0 aliphatic rings. The molecule has 0 spiro atoms. The van der Waals surface area contributed by atoms with E-state index in [-0.39, 0.29) is 0 Å². The smallest absolute Gasteiger partial charge is 0.237 e. The minimum absolute atomic E-state index is 0.430. The zero-order chi connectivity index (χ0) is 21.1. The number of hydrogen-bond acceptors (Lipinski definition) is 4. The van der Waals surface area contributed by atoms with Crippen LogP contribution in [0.3, 0.4) is 0 Å². The van der Waals surface area contributed by atoms with Gasteiger partial charge in [-0.2, -0.15) is 0 Å². The Labute approximate surface area is 174 Å². The van der Waals surface area contributed by atoms with Crippen LogP contribution >= 0.6 is 23.4 Å². The van der Waals surface area contributed by atoms with Crippen molar-refractivity contribution in [3.05, 3.63) is 58.9 Å². The van der Waals surface area contributed by atoms with Gasteiger partial charge in [0.05, 0.1) is 10.9 Å². The molecule has 0 radical (unpaired) electrons. The predicted octanol–water partition coefficient (Wildman–Crippen LogP) is 5.16. The SMILES string of the molecule is CCn1c(SC(C)C(=O)Nc2ccc(F)c(F)c2F)nnc1-c1ccc(Cl)cc1. The Morgan fingerprint density at radius 3 is 2.48 bits per heavy atom. The molecule has 1 amide bonds. The first-order valence-electron chi connectivity index (χ1n) is 8.62. The fraction of sp³-hybridized carbons (Fsp3) is 0.211. The molecule has 29 heavy (non-hydrogen) atoms. The van der Waals surface area contributed by atoms with Crippen LogP contribution < -0.4 is 5.32 Å². The van der Waals surface area contributed by atoms with Crippen LogP contribution in [0.15, 0.2) is 41.6 Å². The van der Waals surface area contributed by atoms with Crippen molar-refractivity contribution in [3.8, 4) is 11.4 Å². The van der Waals surface area contributed by atoms with Gasteiger partial charge < -0.3 is 9.88 Å². The van der Waals surface area contributed by atoms with Crippen molar-refractivity contribution in [2.24, 2.45) is 0 Å². The number of amides is 1. The van der Waals surface area contributed by atoms with Gasteiger partial charge in [0.2, 0.25) is 5.91 Å². The molecular formula is C19H16ClF3N4OS. The highest BCUT2D eigenvalue weighted by Gasteiger charge is 2.22. The largest absolute Gasteiger partial charge is 0.323 e. The zero-order valence-electron chi connectivity index (χ0n) is 15.4. The summed E-state index contributed by atoms with van der Waals surface area (Å²) >= 11 is 7.03. The highest BCUT2D eigenvalue weighted by Crippen LogP contribution is 2.28. The van der Waals surface area contributed by atoms with Crippen LogP contribution in [0.5, 0.6) is 0 Å². The Bertz CT molecular complexity index is 1040. The number of thioether (sulfide) groups is 1. The molecule has 3 aromatic rings. The molecule has 1 heterocycles. The topological polar surface area (TPSA) is 59.8 Å². The molecule has 0 bridgehead atoms. The van der Waals surface area contributed by atoms with Gasteiger partial charge in [0.1, 0.15) is 0 Å². The van der Waals surface area contributed by atoms with Crippen LogP contribution in [0.2, 0.25) is 5.02 Å². The zero-order valence-corrected chi connectivity index (χ0v) is 17.0. The van der Waals surface area contributed by atoms with E-state index in [1.165, 1.54) is 0 Å². The minimum atomic E-state index is -1.64. The van der Waals surface area contributed by atoms with Crippen LogP contribution in [0.1, 0.15) is 13.8 Å². The molecule has 3 rings (SSSR count). The third kappa shape index (κ3) is 4.56. The van der Waals surface area contributed by atoms with E-state index in [1.807, 2.05) is 23.6 Å². The third-order valence-electron chi connectivity index (χ3n) is 4.08. The van der Waals surface area contributed by atoms with E-state index in [4.69, 9.17) is 11.6 Å². The second-order valence-electron chi connectivity index (χ2n) is 6.03. The molecule has 152 valence electrons. The number of anilines is 1. The fourth-order valence-corrected chi connectivity index (χ4v) is 3.58. The maximum absolute atomic E-state index is 13.8. The summed E-state index contributed by atoms with van der Waals surface area (Å²) in [5.74, 6) is -4.38. The summed E-state index contributed by atoms with van der Waals surface area (Å²) in [4.78, 5) is 12.4. The van der Waals surface area contributed by atoms with Crippen molar-refractivity contribution in [2.75, 3.05) is 5.32 Å². The first-order chi connectivity index (χ1) is 13.8. The van der Waals surface area contributed by atoms with Crippen molar-refractivity contribution in [1.82, 2.24) is 14.8 Å². The Hall–Kier alpha value is -2.52. The number of carbonyl (C=O) groups is 1. The first kappa shape index (κ1) is 21.2. The summed E-state index contributed by atoms with van der Waals surface area (Å²) in [5, 5.41) is 11.0. The number of aromatic nitrogens is 3. The molecule has 0 saturated heterocycles. The predicted molar refractivity (Wildman–Crippen MR) is 106 cm³/mol. The average molecular weight is 441 g/mol. The third-order valence-corrected chi connectivity index (χ3v) is 5.41. The van der Waals surface area contributed by atoms with Crippen LogP contribution in [0.25, 0.3) is 11.4 Å². The van der Waals surface area contributed by atoms with Crippen molar-refractivity contribution >= 4 is 35.0 Å². The number of hydrogen-bond donors (Lipinski definition) is 1. The molecular weight excluding hydrogens is 425 g/mol. The van der Waals surface area contributed by atoms with E-state index in [0.29, 0.717) is 22.5 Å². The second kappa shape index (κ2) is 8.87. The van der Waals surface area contributed by atoms with Crippen molar-refractivity contribution < 1.29 is 18.0 Å². The van der Waals surface area contributed by atoms with Gasteiger partial charge in [-0.05, 0) is 50.2 Å². The number of nitrogens with zero attached hydrogens (tertiary/aromatic N) is 3. The molecule has 0 saturated carbocycles. The lowest BCUT2D eigenvalue weighted by molar-refractivity contribution is -0.115. The van der Waals surface area contributed by atoms with Gasteiger partial charge in [0, 0.05) is 17.1 Å². The fourth-order valence-electron chi connectivity index (χ4n) is 2.54. The maximum Gasteiger partial charge on any atom is 0.237 e. The molecule has 1 atom stereocenters. The normalized spacial score (nSPS) is 12.1. The van der Waals surface area contributed by atoms with Gasteiger partial charge >= 0.3 is 0 Å². The molecule has 1 aromatic heterocycles. The van der Waals surface area contributed by atoms with E-state index >= 15 is 0 Å². The molecule has 1 N–H and O–H groups in total. The van der Waals surface area contributed by atoms with Gasteiger partial charge in [-0.15, -0.1) is 10.2 Å². The Balaban J connectivity index is 1.77. The average Bonchev–Trinajstić information content (AvgIpc) is 3.11. The van der Waals surface area contributed by atoms with Gasteiger partial charge in [-0.3, -0.25) is 4.79 Å². The molecule has 2 aromatic carbocycles. The van der Waals surface area contributed by atoms with E-state index < -0.39 is 34.3 Å². The minimum Gasteiger partial charge on any atom is -0.323 e. The van der Waals surface area contributed by atoms with Crippen molar-refractivity contribution in [1.29, 1.82) is 0 Å². The lowest BCUT2D eigenvalue weighted by Gasteiger charge is -2.13. The molecule has 0 fully saturated rings. The molecule has 1 unspecified atom stereocenters. The Kier molecular flexibility index (Phi) is 6.49. The summed E-state index contributed by atoms with van der Waals surface area (Å²) in [6.07, 6.45) is 0. The molecule has 0 aliphatic heterocycles. The summed E-state index contributed by atoms with van der Waals surface area (Å²) in [6.45, 7) is 4.06. The van der Waals surface area contributed by atoms with Gasteiger partial charge in [-0.25, -0.2) is 13.2 Å². The quantitative estimate of drug-likeness (QED) is 0.425.